The summed E-state index contributed by atoms with van der Waals surface area (Å²) in [6, 6.07) is 1.77. The molecule has 1 rings (SSSR count). The van der Waals surface area contributed by atoms with E-state index in [4.69, 9.17) is 23.2 Å². The first-order chi connectivity index (χ1) is 4.34. The molecule has 0 radical (unpaired) electrons. The van der Waals surface area contributed by atoms with Gasteiger partial charge in [0.05, 0.1) is 0 Å². The Bertz CT molecular complexity index is 203. The molecular formula is C5H4Cl2N2. The summed E-state index contributed by atoms with van der Waals surface area (Å²) in [4.78, 5) is 0. The van der Waals surface area contributed by atoms with Crippen LogP contribution >= 0.6 is 23.2 Å². The first-order valence-corrected chi connectivity index (χ1v) is 3.12. The van der Waals surface area contributed by atoms with Crippen LogP contribution in [-0.4, -0.2) is 9.78 Å². The van der Waals surface area contributed by atoms with Gasteiger partial charge in [0.2, 0.25) is 0 Å². The number of halogens is 2. The predicted molar refractivity (Wildman–Crippen MR) is 38.2 cm³/mol. The summed E-state index contributed by atoms with van der Waals surface area (Å²) in [5.41, 5.74) is 1.26. The van der Waals surface area contributed by atoms with Gasteiger partial charge in [0, 0.05) is 17.9 Å². The highest BCUT2D eigenvalue weighted by atomic mass is 35.5. The van der Waals surface area contributed by atoms with Crippen LogP contribution in [0.5, 0.6) is 0 Å². The molecule has 1 heterocycles. The van der Waals surface area contributed by atoms with Crippen molar-refractivity contribution in [1.29, 1.82) is 0 Å². The van der Waals surface area contributed by atoms with Gasteiger partial charge in [0.25, 0.3) is 0 Å². The zero-order valence-electron chi connectivity index (χ0n) is 4.46. The standard InChI is InChI=1S/C5H4Cl2N2/c6-4-5(7)9-3-1-2-8-9/h1-4H/b5-4+. The molecule has 2 nitrogen and oxygen atoms in total. The molecule has 0 spiro atoms. The molecule has 0 aliphatic heterocycles. The van der Waals surface area contributed by atoms with Crippen molar-refractivity contribution in [3.05, 3.63) is 24.0 Å². The van der Waals surface area contributed by atoms with Gasteiger partial charge in [-0.25, -0.2) is 4.68 Å². The maximum absolute atomic E-state index is 5.56. The first kappa shape index (κ1) is 6.65. The number of hydrogen-bond acceptors (Lipinski definition) is 1. The fourth-order valence-corrected chi connectivity index (χ4v) is 0.645. The summed E-state index contributed by atoms with van der Waals surface area (Å²) in [6.45, 7) is 0. The molecule has 9 heavy (non-hydrogen) atoms. The Balaban J connectivity index is 2.90. The zero-order chi connectivity index (χ0) is 6.69. The summed E-state index contributed by atoms with van der Waals surface area (Å²) in [6.07, 6.45) is 3.34. The van der Waals surface area contributed by atoms with Crippen LogP contribution in [0.2, 0.25) is 0 Å². The van der Waals surface area contributed by atoms with Crippen molar-refractivity contribution >= 4 is 28.4 Å². The Labute approximate surface area is 62.7 Å². The number of rotatable bonds is 1. The Morgan fingerprint density at radius 3 is 2.89 bits per heavy atom. The molecule has 0 saturated carbocycles. The van der Waals surface area contributed by atoms with Crippen LogP contribution in [0, 0.1) is 0 Å². The molecule has 0 aromatic carbocycles. The largest absolute Gasteiger partial charge is 0.229 e. The van der Waals surface area contributed by atoms with E-state index in [1.807, 2.05) is 0 Å². The van der Waals surface area contributed by atoms with Gasteiger partial charge in [-0.05, 0) is 6.07 Å². The average Bonchev–Trinajstić information content (AvgIpc) is 2.37. The second-order valence-corrected chi connectivity index (χ2v) is 1.99. The quantitative estimate of drug-likeness (QED) is 0.619. The van der Waals surface area contributed by atoms with Crippen LogP contribution in [-0.2, 0) is 0 Å². The monoisotopic (exact) mass is 162 g/mol. The minimum Gasteiger partial charge on any atom is -0.229 e. The lowest BCUT2D eigenvalue weighted by Gasteiger charge is -1.92. The van der Waals surface area contributed by atoms with E-state index in [0.717, 1.165) is 0 Å². The van der Waals surface area contributed by atoms with E-state index in [9.17, 15) is 0 Å². The van der Waals surface area contributed by atoms with Gasteiger partial charge in [0.15, 0.2) is 0 Å². The Hall–Kier alpha value is -0.470. The van der Waals surface area contributed by atoms with E-state index >= 15 is 0 Å². The van der Waals surface area contributed by atoms with Crippen LogP contribution in [0.4, 0.5) is 0 Å². The van der Waals surface area contributed by atoms with Crippen molar-refractivity contribution < 1.29 is 0 Å². The van der Waals surface area contributed by atoms with Crippen LogP contribution in [0.25, 0.3) is 5.16 Å². The Kier molecular flexibility index (Phi) is 2.14. The minimum atomic E-state index is 0.390. The summed E-state index contributed by atoms with van der Waals surface area (Å²) < 4.78 is 1.47. The smallest absolute Gasteiger partial charge is 0.141 e. The van der Waals surface area contributed by atoms with E-state index in [0.29, 0.717) is 5.16 Å². The molecule has 1 aromatic rings. The Morgan fingerprint density at radius 1 is 1.67 bits per heavy atom. The lowest BCUT2D eigenvalue weighted by molar-refractivity contribution is 0.925. The third-order valence-corrected chi connectivity index (χ3v) is 1.41. The fourth-order valence-electron chi connectivity index (χ4n) is 0.445. The lowest BCUT2D eigenvalue weighted by Crippen LogP contribution is -1.88. The van der Waals surface area contributed by atoms with Crippen LogP contribution in [0.1, 0.15) is 0 Å². The minimum absolute atomic E-state index is 0.390. The lowest BCUT2D eigenvalue weighted by atomic mass is 10.7. The zero-order valence-corrected chi connectivity index (χ0v) is 5.97. The van der Waals surface area contributed by atoms with Gasteiger partial charge in [-0.15, -0.1) is 0 Å². The third kappa shape index (κ3) is 1.47. The van der Waals surface area contributed by atoms with Crippen LogP contribution in [0.15, 0.2) is 24.0 Å². The Morgan fingerprint density at radius 2 is 2.44 bits per heavy atom. The molecule has 0 aliphatic rings. The van der Waals surface area contributed by atoms with E-state index in [-0.39, 0.29) is 0 Å². The highest BCUT2D eigenvalue weighted by molar-refractivity contribution is 6.49. The maximum Gasteiger partial charge on any atom is 0.141 e. The van der Waals surface area contributed by atoms with Crippen molar-refractivity contribution in [3.63, 3.8) is 0 Å². The number of nitrogens with zero attached hydrogens (tertiary/aromatic N) is 2. The fraction of sp³-hybridized carbons (Fsp3) is 0. The van der Waals surface area contributed by atoms with Gasteiger partial charge in [-0.2, -0.15) is 5.10 Å². The van der Waals surface area contributed by atoms with E-state index in [1.54, 1.807) is 18.5 Å². The average molecular weight is 163 g/mol. The molecule has 1 aromatic heterocycles. The predicted octanol–water partition coefficient (Wildman–Crippen LogP) is 2.12. The maximum atomic E-state index is 5.56. The van der Waals surface area contributed by atoms with Gasteiger partial charge < -0.3 is 0 Å². The topological polar surface area (TPSA) is 17.8 Å². The van der Waals surface area contributed by atoms with Crippen molar-refractivity contribution in [2.45, 2.75) is 0 Å². The van der Waals surface area contributed by atoms with Gasteiger partial charge in [-0.3, -0.25) is 0 Å². The van der Waals surface area contributed by atoms with Crippen molar-refractivity contribution in [3.8, 4) is 0 Å². The van der Waals surface area contributed by atoms with Gasteiger partial charge >= 0.3 is 0 Å². The van der Waals surface area contributed by atoms with E-state index in [1.165, 1.54) is 10.2 Å². The van der Waals surface area contributed by atoms with E-state index in [2.05, 4.69) is 5.10 Å². The molecule has 48 valence electrons. The molecule has 0 N–H and O–H groups in total. The van der Waals surface area contributed by atoms with Gasteiger partial charge in [-0.1, -0.05) is 23.2 Å². The molecule has 0 amide bonds. The summed E-state index contributed by atoms with van der Waals surface area (Å²) in [5.74, 6) is 0. The van der Waals surface area contributed by atoms with Crippen molar-refractivity contribution in [1.82, 2.24) is 9.78 Å². The highest BCUT2D eigenvalue weighted by Gasteiger charge is 1.90. The second kappa shape index (κ2) is 2.90. The van der Waals surface area contributed by atoms with E-state index < -0.39 is 0 Å². The normalized spacial score (nSPS) is 12.0. The second-order valence-electron chi connectivity index (χ2n) is 1.38. The number of hydrogen-bond donors (Lipinski definition) is 0. The highest BCUT2D eigenvalue weighted by Crippen LogP contribution is 2.07. The first-order valence-electron chi connectivity index (χ1n) is 2.30. The third-order valence-electron chi connectivity index (χ3n) is 0.813. The summed E-state index contributed by atoms with van der Waals surface area (Å²) in [5, 5.41) is 4.21. The molecule has 4 heteroatoms. The summed E-state index contributed by atoms with van der Waals surface area (Å²) >= 11 is 10.9. The van der Waals surface area contributed by atoms with Crippen molar-refractivity contribution in [2.24, 2.45) is 0 Å². The molecule has 0 unspecified atom stereocenters. The molecule has 0 atom stereocenters. The molecular weight excluding hydrogens is 159 g/mol. The SMILES string of the molecule is Cl/C=C(\Cl)n1cccn1. The molecule has 0 saturated heterocycles. The van der Waals surface area contributed by atoms with Gasteiger partial charge in [0.1, 0.15) is 5.16 Å². The molecule has 0 bridgehead atoms. The van der Waals surface area contributed by atoms with Crippen LogP contribution < -0.4 is 0 Å². The molecule has 0 fully saturated rings. The van der Waals surface area contributed by atoms with Crippen LogP contribution in [0.3, 0.4) is 0 Å². The van der Waals surface area contributed by atoms with Crippen molar-refractivity contribution in [2.75, 3.05) is 0 Å². The molecule has 0 aliphatic carbocycles. The summed E-state index contributed by atoms with van der Waals surface area (Å²) in [7, 11) is 0. The number of aromatic nitrogens is 2.